The topological polar surface area (TPSA) is 72.7 Å². The quantitative estimate of drug-likeness (QED) is 0.525. The molecule has 2 heterocycles. The fourth-order valence-electron chi connectivity index (χ4n) is 2.78. The van der Waals surface area contributed by atoms with Crippen LogP contribution in [0.4, 0.5) is 10.1 Å². The molecule has 2 aromatic carbocycles. The van der Waals surface area contributed by atoms with Crippen LogP contribution in [-0.2, 0) is 10.0 Å². The maximum Gasteiger partial charge on any atom is 0.264 e. The van der Waals surface area contributed by atoms with Crippen LogP contribution in [0.1, 0.15) is 5.69 Å². The number of fused-ring (bicyclic) bond motifs is 1. The molecule has 6 nitrogen and oxygen atoms in total. The molecule has 0 spiro atoms. The third kappa shape index (κ3) is 3.34. The molecule has 4 aromatic rings. The number of hydrogen-bond donors (Lipinski definition) is 1. The van der Waals surface area contributed by atoms with Crippen LogP contribution in [0.25, 0.3) is 16.2 Å². The number of nitrogens with one attached hydrogen (secondary N) is 1. The number of thiazole rings is 1. The Balaban J connectivity index is 1.58. The van der Waals surface area contributed by atoms with E-state index in [1.54, 1.807) is 35.6 Å². The molecule has 28 heavy (non-hydrogen) atoms. The Morgan fingerprint density at radius 3 is 2.57 bits per heavy atom. The summed E-state index contributed by atoms with van der Waals surface area (Å²) in [5.41, 5.74) is 3.08. The summed E-state index contributed by atoms with van der Waals surface area (Å²) in [4.78, 5) is 5.02. The van der Waals surface area contributed by atoms with E-state index >= 15 is 0 Å². The lowest BCUT2D eigenvalue weighted by Crippen LogP contribution is -2.14. The molecule has 4 rings (SSSR count). The number of methoxy groups -OCH3 is 1. The van der Waals surface area contributed by atoms with Crippen LogP contribution in [0.3, 0.4) is 0 Å². The summed E-state index contributed by atoms with van der Waals surface area (Å²) in [6, 6.07) is 10.4. The second kappa shape index (κ2) is 6.92. The lowest BCUT2D eigenvalue weighted by atomic mass is 10.1. The summed E-state index contributed by atoms with van der Waals surface area (Å²) in [7, 11) is -2.68. The Hall–Kier alpha value is -2.91. The summed E-state index contributed by atoms with van der Waals surface area (Å²) < 4.78 is 48.4. The SMILES string of the molecule is COc1ccc(S(=O)(=O)Nc2ccc(-c3cn4c(C)csc4n3)cc2)c(F)c1. The number of halogens is 1. The number of aryl methyl sites for hydroxylation is 1. The van der Waals surface area contributed by atoms with E-state index in [1.807, 2.05) is 22.9 Å². The van der Waals surface area contributed by atoms with Gasteiger partial charge in [0.05, 0.1) is 12.8 Å². The minimum atomic E-state index is -4.06. The third-order valence-electron chi connectivity index (χ3n) is 4.25. The predicted molar refractivity (Wildman–Crippen MR) is 107 cm³/mol. The van der Waals surface area contributed by atoms with Crippen LogP contribution in [0, 0.1) is 12.7 Å². The largest absolute Gasteiger partial charge is 0.497 e. The number of ether oxygens (including phenoxy) is 1. The molecular weight excluding hydrogens is 401 g/mol. The van der Waals surface area contributed by atoms with Crippen molar-refractivity contribution in [2.45, 2.75) is 11.8 Å². The molecule has 2 aromatic heterocycles. The Kier molecular flexibility index (Phi) is 4.56. The summed E-state index contributed by atoms with van der Waals surface area (Å²) in [5.74, 6) is -0.632. The Labute approximate surface area is 165 Å². The molecule has 0 atom stereocenters. The summed E-state index contributed by atoms with van der Waals surface area (Å²) >= 11 is 1.56. The number of imidazole rings is 1. The van der Waals surface area contributed by atoms with Crippen molar-refractivity contribution in [3.8, 4) is 17.0 Å². The van der Waals surface area contributed by atoms with Gasteiger partial charge in [-0.05, 0) is 31.2 Å². The Morgan fingerprint density at radius 1 is 1.18 bits per heavy atom. The van der Waals surface area contributed by atoms with Gasteiger partial charge in [0.1, 0.15) is 16.5 Å². The van der Waals surface area contributed by atoms with Gasteiger partial charge in [-0.25, -0.2) is 17.8 Å². The average molecular weight is 417 g/mol. The monoisotopic (exact) mass is 417 g/mol. The third-order valence-corrected chi connectivity index (χ3v) is 6.62. The number of rotatable bonds is 5. The molecule has 0 aliphatic heterocycles. The molecule has 1 N–H and O–H groups in total. The van der Waals surface area contributed by atoms with E-state index in [-0.39, 0.29) is 5.75 Å². The minimum Gasteiger partial charge on any atom is -0.497 e. The van der Waals surface area contributed by atoms with Crippen LogP contribution in [0.15, 0.2) is 58.9 Å². The zero-order valence-electron chi connectivity index (χ0n) is 15.0. The number of sulfonamides is 1. The van der Waals surface area contributed by atoms with Gasteiger partial charge in [-0.2, -0.15) is 0 Å². The second-order valence-corrected chi connectivity index (χ2v) is 8.62. The smallest absolute Gasteiger partial charge is 0.264 e. The first-order valence-electron chi connectivity index (χ1n) is 8.27. The van der Waals surface area contributed by atoms with Gasteiger partial charge in [-0.3, -0.25) is 9.12 Å². The highest BCUT2D eigenvalue weighted by Gasteiger charge is 2.20. The molecule has 0 amide bonds. The van der Waals surface area contributed by atoms with Gasteiger partial charge in [0, 0.05) is 34.6 Å². The normalized spacial score (nSPS) is 11.7. The first-order valence-corrected chi connectivity index (χ1v) is 10.6. The molecule has 0 bridgehead atoms. The maximum atomic E-state index is 14.1. The molecule has 0 saturated heterocycles. The van der Waals surface area contributed by atoms with E-state index in [4.69, 9.17) is 4.74 Å². The number of hydrogen-bond acceptors (Lipinski definition) is 5. The van der Waals surface area contributed by atoms with Crippen LogP contribution in [0.5, 0.6) is 5.75 Å². The van der Waals surface area contributed by atoms with Gasteiger partial charge in [-0.15, -0.1) is 11.3 Å². The highest BCUT2D eigenvalue weighted by atomic mass is 32.2. The molecular formula is C19H16FN3O3S2. The van der Waals surface area contributed by atoms with Gasteiger partial charge >= 0.3 is 0 Å². The predicted octanol–water partition coefficient (Wildman–Crippen LogP) is 4.32. The van der Waals surface area contributed by atoms with Crippen molar-refractivity contribution >= 4 is 32.0 Å². The van der Waals surface area contributed by atoms with Gasteiger partial charge in [-0.1, -0.05) is 12.1 Å². The summed E-state index contributed by atoms with van der Waals surface area (Å²) in [6.07, 6.45) is 1.94. The zero-order chi connectivity index (χ0) is 19.9. The number of anilines is 1. The molecule has 0 saturated carbocycles. The van der Waals surface area contributed by atoms with E-state index < -0.39 is 20.7 Å². The fourth-order valence-corrected chi connectivity index (χ4v) is 4.75. The summed E-state index contributed by atoms with van der Waals surface area (Å²) in [6.45, 7) is 2.01. The number of aromatic nitrogens is 2. The minimum absolute atomic E-state index is 0.246. The molecule has 9 heteroatoms. The highest BCUT2D eigenvalue weighted by molar-refractivity contribution is 7.92. The van der Waals surface area contributed by atoms with Crippen molar-refractivity contribution in [3.05, 3.63) is 65.6 Å². The first-order chi connectivity index (χ1) is 13.4. The van der Waals surface area contributed by atoms with Crippen LogP contribution < -0.4 is 9.46 Å². The van der Waals surface area contributed by atoms with Crippen LogP contribution >= 0.6 is 11.3 Å². The second-order valence-electron chi connectivity index (χ2n) is 6.14. The van der Waals surface area contributed by atoms with Crippen molar-refractivity contribution in [1.29, 1.82) is 0 Å². The van der Waals surface area contributed by atoms with E-state index in [1.165, 1.54) is 19.2 Å². The van der Waals surface area contributed by atoms with Crippen molar-refractivity contribution in [1.82, 2.24) is 9.38 Å². The van der Waals surface area contributed by atoms with Gasteiger partial charge in [0.15, 0.2) is 4.96 Å². The van der Waals surface area contributed by atoms with E-state index in [2.05, 4.69) is 9.71 Å². The Bertz CT molecular complexity index is 1260. The van der Waals surface area contributed by atoms with E-state index in [0.717, 1.165) is 28.0 Å². The van der Waals surface area contributed by atoms with Gasteiger partial charge < -0.3 is 4.74 Å². The molecule has 0 radical (unpaired) electrons. The van der Waals surface area contributed by atoms with Crippen LogP contribution in [-0.4, -0.2) is 24.9 Å². The first kappa shape index (κ1) is 18.5. The van der Waals surface area contributed by atoms with Crippen molar-refractivity contribution in [2.75, 3.05) is 11.8 Å². The number of nitrogens with zero attached hydrogens (tertiary/aromatic N) is 2. The Morgan fingerprint density at radius 2 is 1.93 bits per heavy atom. The lowest BCUT2D eigenvalue weighted by molar-refractivity contribution is 0.410. The maximum absolute atomic E-state index is 14.1. The molecule has 144 valence electrons. The fraction of sp³-hybridized carbons (Fsp3) is 0.105. The molecule has 0 unspecified atom stereocenters. The average Bonchev–Trinajstić information content (AvgIpc) is 3.24. The van der Waals surface area contributed by atoms with Crippen molar-refractivity contribution in [2.24, 2.45) is 0 Å². The van der Waals surface area contributed by atoms with Gasteiger partial charge in [0.25, 0.3) is 10.0 Å². The standard InChI is InChI=1S/C19H16FN3O3S2/c1-12-11-27-19-21-17(10-23(12)19)13-3-5-14(6-4-13)22-28(24,25)18-8-7-15(26-2)9-16(18)20/h3-11,22H,1-2H3. The van der Waals surface area contributed by atoms with E-state index in [0.29, 0.717) is 5.69 Å². The molecule has 0 fully saturated rings. The van der Waals surface area contributed by atoms with Crippen LogP contribution in [0.2, 0.25) is 0 Å². The van der Waals surface area contributed by atoms with E-state index in [9.17, 15) is 12.8 Å². The van der Waals surface area contributed by atoms with Crippen molar-refractivity contribution in [3.63, 3.8) is 0 Å². The van der Waals surface area contributed by atoms with Gasteiger partial charge in [0.2, 0.25) is 0 Å². The zero-order valence-corrected chi connectivity index (χ0v) is 16.6. The molecule has 0 aliphatic carbocycles. The number of benzene rings is 2. The molecule has 0 aliphatic rings. The summed E-state index contributed by atoms with van der Waals surface area (Å²) in [5, 5.41) is 2.03. The lowest BCUT2D eigenvalue weighted by Gasteiger charge is -2.10. The highest BCUT2D eigenvalue weighted by Crippen LogP contribution is 2.26. The van der Waals surface area contributed by atoms with Crippen molar-refractivity contribution < 1.29 is 17.5 Å².